The van der Waals surface area contributed by atoms with Crippen LogP contribution < -0.4 is 14.8 Å². The van der Waals surface area contributed by atoms with E-state index in [4.69, 9.17) is 9.47 Å². The topological polar surface area (TPSA) is 140 Å². The standard InChI is InChI=1S/C30H32N4O6S/c1-20-9-7-10-21(2)28(20)26-16-27(40-24(17-31-3)19-39-18-22-11-5-4-6-12-22)33-30(32-26)34-41(37,38)25-14-8-13-23(15-25)29(35)36/h4-16,24,31H,17-19H2,1-3H3,(H,35,36)(H,32,33,34). The second-order valence-corrected chi connectivity index (χ2v) is 11.1. The average molecular weight is 577 g/mol. The molecule has 0 radical (unpaired) electrons. The second kappa shape index (κ2) is 13.4. The Morgan fingerprint density at radius 1 is 0.951 bits per heavy atom. The zero-order chi connectivity index (χ0) is 29.4. The highest BCUT2D eigenvalue weighted by Crippen LogP contribution is 2.29. The Bertz CT molecular complexity index is 1590. The molecule has 4 aromatic rings. The number of carboxylic acids is 1. The molecule has 0 aliphatic heterocycles. The van der Waals surface area contributed by atoms with E-state index in [-0.39, 0.29) is 28.9 Å². The first-order valence-corrected chi connectivity index (χ1v) is 14.4. The molecule has 3 N–H and O–H groups in total. The number of sulfonamides is 1. The molecule has 0 saturated heterocycles. The van der Waals surface area contributed by atoms with Gasteiger partial charge in [0.2, 0.25) is 11.8 Å². The number of likely N-dealkylation sites (N-methyl/N-ethyl adjacent to an activating group) is 1. The van der Waals surface area contributed by atoms with Crippen molar-refractivity contribution in [1.29, 1.82) is 0 Å². The Hall–Kier alpha value is -4.32. The van der Waals surface area contributed by atoms with Crippen molar-refractivity contribution in [3.63, 3.8) is 0 Å². The van der Waals surface area contributed by atoms with Crippen LogP contribution in [0.3, 0.4) is 0 Å². The number of hydrogen-bond donors (Lipinski definition) is 3. The van der Waals surface area contributed by atoms with E-state index < -0.39 is 22.1 Å². The third-order valence-electron chi connectivity index (χ3n) is 6.19. The molecule has 0 amide bonds. The van der Waals surface area contributed by atoms with Gasteiger partial charge in [-0.05, 0) is 55.8 Å². The van der Waals surface area contributed by atoms with Gasteiger partial charge in [0.1, 0.15) is 6.10 Å². The Balaban J connectivity index is 1.66. The predicted molar refractivity (Wildman–Crippen MR) is 156 cm³/mol. The maximum atomic E-state index is 13.2. The van der Waals surface area contributed by atoms with Crippen molar-refractivity contribution in [1.82, 2.24) is 15.3 Å². The maximum Gasteiger partial charge on any atom is 0.335 e. The van der Waals surface area contributed by atoms with Crippen LogP contribution in [0, 0.1) is 13.8 Å². The molecule has 10 nitrogen and oxygen atoms in total. The predicted octanol–water partition coefficient (Wildman–Crippen LogP) is 4.44. The number of carboxylic acid groups (broad SMARTS) is 1. The molecule has 0 fully saturated rings. The highest BCUT2D eigenvalue weighted by atomic mass is 32.2. The Morgan fingerprint density at radius 3 is 2.34 bits per heavy atom. The molecule has 1 aromatic heterocycles. The number of aromatic nitrogens is 2. The van der Waals surface area contributed by atoms with E-state index in [9.17, 15) is 18.3 Å². The minimum absolute atomic E-state index is 0.151. The van der Waals surface area contributed by atoms with Crippen molar-refractivity contribution in [3.05, 3.63) is 101 Å². The molecule has 11 heteroatoms. The van der Waals surface area contributed by atoms with Crippen LogP contribution in [0.4, 0.5) is 5.95 Å². The van der Waals surface area contributed by atoms with E-state index in [0.717, 1.165) is 28.3 Å². The quantitative estimate of drug-likeness (QED) is 0.211. The normalized spacial score (nSPS) is 12.1. The van der Waals surface area contributed by atoms with Gasteiger partial charge in [-0.15, -0.1) is 0 Å². The molecule has 0 spiro atoms. The maximum absolute atomic E-state index is 13.2. The lowest BCUT2D eigenvalue weighted by molar-refractivity contribution is 0.0400. The van der Waals surface area contributed by atoms with E-state index in [1.165, 1.54) is 18.2 Å². The zero-order valence-corrected chi connectivity index (χ0v) is 23.8. The summed E-state index contributed by atoms with van der Waals surface area (Å²) in [6.07, 6.45) is -0.443. The van der Waals surface area contributed by atoms with Crippen LogP contribution >= 0.6 is 0 Å². The number of rotatable bonds is 13. The highest BCUT2D eigenvalue weighted by molar-refractivity contribution is 7.92. The fraction of sp³-hybridized carbons (Fsp3) is 0.233. The molecular formula is C30H32N4O6S. The Labute approximate surface area is 239 Å². The first kappa shape index (κ1) is 29.7. The first-order chi connectivity index (χ1) is 19.7. The number of aryl methyl sites for hydroxylation is 2. The largest absolute Gasteiger partial charge is 0.478 e. The number of nitrogens with zero attached hydrogens (tertiary/aromatic N) is 2. The number of anilines is 1. The summed E-state index contributed by atoms with van der Waals surface area (Å²) in [5, 5.41) is 12.4. The molecule has 0 aliphatic rings. The van der Waals surface area contributed by atoms with Crippen LogP contribution in [-0.2, 0) is 21.4 Å². The lowest BCUT2D eigenvalue weighted by Crippen LogP contribution is -2.34. The van der Waals surface area contributed by atoms with Gasteiger partial charge in [0.15, 0.2) is 0 Å². The molecule has 1 heterocycles. The lowest BCUT2D eigenvalue weighted by atomic mass is 10.00. The van der Waals surface area contributed by atoms with Crippen molar-refractivity contribution < 1.29 is 27.8 Å². The molecule has 41 heavy (non-hydrogen) atoms. The van der Waals surface area contributed by atoms with Crippen LogP contribution in [0.2, 0.25) is 0 Å². The Morgan fingerprint density at radius 2 is 1.66 bits per heavy atom. The number of hydrogen-bond acceptors (Lipinski definition) is 8. The van der Waals surface area contributed by atoms with Gasteiger partial charge in [-0.1, -0.05) is 54.6 Å². The molecule has 214 valence electrons. The van der Waals surface area contributed by atoms with Crippen LogP contribution in [-0.4, -0.2) is 55.8 Å². The van der Waals surface area contributed by atoms with Crippen LogP contribution in [0.1, 0.15) is 27.0 Å². The van der Waals surface area contributed by atoms with E-state index >= 15 is 0 Å². The SMILES string of the molecule is CNCC(COCc1ccccc1)Oc1cc(-c2c(C)cccc2C)nc(NS(=O)(=O)c2cccc(C(=O)O)c2)n1. The highest BCUT2D eigenvalue weighted by Gasteiger charge is 2.21. The number of aromatic carboxylic acids is 1. The molecule has 1 unspecified atom stereocenters. The van der Waals surface area contributed by atoms with Gasteiger partial charge in [0.25, 0.3) is 10.0 Å². The summed E-state index contributed by atoms with van der Waals surface area (Å²) in [7, 11) is -2.43. The van der Waals surface area contributed by atoms with Crippen molar-refractivity contribution in [2.45, 2.75) is 31.5 Å². The fourth-order valence-corrected chi connectivity index (χ4v) is 5.26. The molecule has 0 bridgehead atoms. The molecule has 4 rings (SSSR count). The molecule has 1 atom stereocenters. The van der Waals surface area contributed by atoms with Gasteiger partial charge in [-0.2, -0.15) is 4.98 Å². The van der Waals surface area contributed by atoms with Crippen molar-refractivity contribution >= 4 is 21.9 Å². The number of benzene rings is 3. The smallest absolute Gasteiger partial charge is 0.335 e. The summed E-state index contributed by atoms with van der Waals surface area (Å²) in [4.78, 5) is 20.0. The molecule has 0 saturated carbocycles. The number of carbonyl (C=O) groups is 1. The lowest BCUT2D eigenvalue weighted by Gasteiger charge is -2.20. The van der Waals surface area contributed by atoms with Crippen molar-refractivity contribution in [2.75, 3.05) is 24.9 Å². The van der Waals surface area contributed by atoms with Gasteiger partial charge in [0.05, 0.1) is 29.4 Å². The Kier molecular flexibility index (Phi) is 9.66. The van der Waals surface area contributed by atoms with E-state index in [0.29, 0.717) is 18.8 Å². The van der Waals surface area contributed by atoms with Gasteiger partial charge < -0.3 is 19.9 Å². The third kappa shape index (κ3) is 7.88. The summed E-state index contributed by atoms with van der Waals surface area (Å²) in [6, 6.07) is 22.3. The number of nitrogens with one attached hydrogen (secondary N) is 2. The minimum Gasteiger partial charge on any atom is -0.478 e. The average Bonchev–Trinajstić information content (AvgIpc) is 2.93. The van der Waals surface area contributed by atoms with Crippen molar-refractivity contribution in [3.8, 4) is 17.1 Å². The van der Waals surface area contributed by atoms with Crippen LogP contribution in [0.5, 0.6) is 5.88 Å². The monoisotopic (exact) mass is 576 g/mol. The third-order valence-corrected chi connectivity index (χ3v) is 7.52. The fourth-order valence-electron chi connectivity index (χ4n) is 4.27. The number of ether oxygens (including phenoxy) is 2. The van der Waals surface area contributed by atoms with Gasteiger partial charge in [-0.25, -0.2) is 22.9 Å². The van der Waals surface area contributed by atoms with Crippen LogP contribution in [0.15, 0.2) is 83.8 Å². The van der Waals surface area contributed by atoms with Gasteiger partial charge in [0, 0.05) is 18.2 Å². The van der Waals surface area contributed by atoms with Gasteiger partial charge in [-0.3, -0.25) is 0 Å². The summed E-state index contributed by atoms with van der Waals surface area (Å²) >= 11 is 0. The first-order valence-electron chi connectivity index (χ1n) is 12.9. The summed E-state index contributed by atoms with van der Waals surface area (Å²) in [5.41, 5.74) is 4.03. The molecular weight excluding hydrogens is 544 g/mol. The van der Waals surface area contributed by atoms with E-state index in [2.05, 4.69) is 20.0 Å². The van der Waals surface area contributed by atoms with Gasteiger partial charge >= 0.3 is 5.97 Å². The van der Waals surface area contributed by atoms with E-state index in [1.807, 2.05) is 62.4 Å². The van der Waals surface area contributed by atoms with Crippen LogP contribution in [0.25, 0.3) is 11.3 Å². The zero-order valence-electron chi connectivity index (χ0n) is 23.0. The summed E-state index contributed by atoms with van der Waals surface area (Å²) < 4.78 is 40.9. The second-order valence-electron chi connectivity index (χ2n) is 9.42. The van der Waals surface area contributed by atoms with Crippen molar-refractivity contribution in [2.24, 2.45) is 0 Å². The molecule has 3 aromatic carbocycles. The summed E-state index contributed by atoms with van der Waals surface area (Å²) in [5.74, 6) is -1.30. The minimum atomic E-state index is -4.22. The molecule has 0 aliphatic carbocycles. The van der Waals surface area contributed by atoms with E-state index in [1.54, 1.807) is 13.1 Å². The summed E-state index contributed by atoms with van der Waals surface area (Å²) in [6.45, 7) is 4.98.